The number of nitrogens with zero attached hydrogens (tertiary/aromatic N) is 2. The predicted molar refractivity (Wildman–Crippen MR) is 143 cm³/mol. The zero-order valence-electron chi connectivity index (χ0n) is 20.0. The Morgan fingerprint density at radius 3 is 2.39 bits per heavy atom. The smallest absolute Gasteiger partial charge is 0.258 e. The van der Waals surface area contributed by atoms with Crippen LogP contribution in [0.1, 0.15) is 34.3 Å². The lowest BCUT2D eigenvalue weighted by Gasteiger charge is -2.25. The molecule has 1 aliphatic rings. The van der Waals surface area contributed by atoms with Gasteiger partial charge in [-0.25, -0.2) is 0 Å². The van der Waals surface area contributed by atoms with E-state index < -0.39 is 0 Å². The van der Waals surface area contributed by atoms with E-state index in [1.807, 2.05) is 60.7 Å². The molecular formula is C29H29N5O2. The Morgan fingerprint density at radius 2 is 1.67 bits per heavy atom. The fourth-order valence-electron chi connectivity index (χ4n) is 4.49. The number of piperidine rings is 1. The molecule has 1 aromatic heterocycles. The first-order chi connectivity index (χ1) is 17.6. The fraction of sp³-hybridized carbons (Fsp3) is 0.207. The largest absolute Gasteiger partial charge is 0.490 e. The SMILES string of the molecule is N=C(N)c1ccc2ccc(CN(C(=O)c3ccncc3)c3ccc(OC4CCNCC4)cc3)cc2c1. The number of fused-ring (bicyclic) bond motifs is 1. The summed E-state index contributed by atoms with van der Waals surface area (Å²) >= 11 is 0. The summed E-state index contributed by atoms with van der Waals surface area (Å²) in [5.74, 6) is 0.732. The Bertz CT molecular complexity index is 1370. The molecule has 7 nitrogen and oxygen atoms in total. The summed E-state index contributed by atoms with van der Waals surface area (Å²) in [6.07, 6.45) is 5.44. The zero-order chi connectivity index (χ0) is 24.9. The molecule has 3 aromatic carbocycles. The van der Waals surface area contributed by atoms with Gasteiger partial charge in [0.1, 0.15) is 17.7 Å². The molecule has 0 spiro atoms. The molecule has 1 saturated heterocycles. The summed E-state index contributed by atoms with van der Waals surface area (Å²) in [5, 5.41) is 13.1. The maximum Gasteiger partial charge on any atom is 0.258 e. The van der Waals surface area contributed by atoms with Gasteiger partial charge in [0.15, 0.2) is 0 Å². The van der Waals surface area contributed by atoms with Gasteiger partial charge in [0, 0.05) is 29.2 Å². The molecule has 0 atom stereocenters. The molecule has 0 aliphatic carbocycles. The molecule has 0 bridgehead atoms. The van der Waals surface area contributed by atoms with Crippen LogP contribution in [-0.4, -0.2) is 35.9 Å². The molecule has 5 rings (SSSR count). The number of nitrogens with two attached hydrogens (primary N) is 1. The molecule has 4 N–H and O–H groups in total. The molecule has 36 heavy (non-hydrogen) atoms. The molecule has 0 unspecified atom stereocenters. The van der Waals surface area contributed by atoms with Crippen LogP contribution in [0.3, 0.4) is 0 Å². The lowest BCUT2D eigenvalue weighted by Crippen LogP contribution is -2.34. The molecule has 1 amide bonds. The van der Waals surface area contributed by atoms with Crippen LogP contribution in [0.5, 0.6) is 5.75 Å². The number of nitrogens with one attached hydrogen (secondary N) is 2. The minimum atomic E-state index is -0.109. The maximum absolute atomic E-state index is 13.6. The minimum Gasteiger partial charge on any atom is -0.490 e. The summed E-state index contributed by atoms with van der Waals surface area (Å²) in [7, 11) is 0. The lowest BCUT2D eigenvalue weighted by molar-refractivity contribution is 0.0985. The topological polar surface area (TPSA) is 104 Å². The van der Waals surface area contributed by atoms with Gasteiger partial charge in [0.05, 0.1) is 6.54 Å². The molecule has 1 fully saturated rings. The van der Waals surface area contributed by atoms with Crippen molar-refractivity contribution in [2.24, 2.45) is 5.73 Å². The number of rotatable bonds is 7. The molecule has 4 aromatic rings. The van der Waals surface area contributed by atoms with Crippen molar-refractivity contribution in [3.8, 4) is 5.75 Å². The van der Waals surface area contributed by atoms with Gasteiger partial charge in [0.25, 0.3) is 5.91 Å². The number of anilines is 1. The number of hydrogen-bond donors (Lipinski definition) is 3. The van der Waals surface area contributed by atoms with Crippen LogP contribution in [0.25, 0.3) is 10.8 Å². The van der Waals surface area contributed by atoms with Crippen LogP contribution in [0, 0.1) is 5.41 Å². The van der Waals surface area contributed by atoms with Gasteiger partial charge in [-0.3, -0.25) is 15.2 Å². The monoisotopic (exact) mass is 479 g/mol. The van der Waals surface area contributed by atoms with Crippen LogP contribution >= 0.6 is 0 Å². The van der Waals surface area contributed by atoms with Gasteiger partial charge in [-0.1, -0.05) is 24.3 Å². The number of benzene rings is 3. The van der Waals surface area contributed by atoms with Gasteiger partial charge in [0.2, 0.25) is 0 Å². The van der Waals surface area contributed by atoms with E-state index in [9.17, 15) is 4.79 Å². The second-order valence-electron chi connectivity index (χ2n) is 9.00. The third-order valence-electron chi connectivity index (χ3n) is 6.47. The van der Waals surface area contributed by atoms with E-state index in [4.69, 9.17) is 15.9 Å². The highest BCUT2D eigenvalue weighted by molar-refractivity contribution is 6.06. The second kappa shape index (κ2) is 10.6. The van der Waals surface area contributed by atoms with E-state index >= 15 is 0 Å². The van der Waals surface area contributed by atoms with Gasteiger partial charge < -0.3 is 20.7 Å². The highest BCUT2D eigenvalue weighted by atomic mass is 16.5. The van der Waals surface area contributed by atoms with Crippen molar-refractivity contribution in [2.75, 3.05) is 18.0 Å². The number of hydrogen-bond acceptors (Lipinski definition) is 5. The average Bonchev–Trinajstić information content (AvgIpc) is 2.92. The van der Waals surface area contributed by atoms with Crippen molar-refractivity contribution in [1.82, 2.24) is 10.3 Å². The van der Waals surface area contributed by atoms with Gasteiger partial charge in [-0.05, 0) is 90.8 Å². The van der Waals surface area contributed by atoms with Crippen molar-refractivity contribution in [1.29, 1.82) is 5.41 Å². The average molecular weight is 480 g/mol. The van der Waals surface area contributed by atoms with E-state index in [0.717, 1.165) is 53.7 Å². The Labute approximate surface area is 210 Å². The summed E-state index contributed by atoms with van der Waals surface area (Å²) < 4.78 is 6.15. The number of pyridine rings is 1. The van der Waals surface area contributed by atoms with Crippen molar-refractivity contribution in [2.45, 2.75) is 25.5 Å². The van der Waals surface area contributed by atoms with E-state index in [-0.39, 0.29) is 17.8 Å². The number of amides is 1. The fourth-order valence-corrected chi connectivity index (χ4v) is 4.49. The second-order valence-corrected chi connectivity index (χ2v) is 9.00. The highest BCUT2D eigenvalue weighted by Crippen LogP contribution is 2.26. The molecular weight excluding hydrogens is 450 g/mol. The minimum absolute atomic E-state index is 0.0311. The van der Waals surface area contributed by atoms with E-state index in [1.165, 1.54) is 0 Å². The molecule has 7 heteroatoms. The molecule has 182 valence electrons. The maximum atomic E-state index is 13.6. The zero-order valence-corrected chi connectivity index (χ0v) is 20.0. The first-order valence-corrected chi connectivity index (χ1v) is 12.1. The standard InChI is InChI=1S/C29H29N5O2/c30-28(31)23-4-3-21-2-1-20(17-24(21)18-23)19-34(29(35)22-9-13-32-14-10-22)25-5-7-26(8-6-25)36-27-11-15-33-16-12-27/h1-10,13-14,17-18,27,33H,11-12,15-16,19H2,(H3,30,31). The van der Waals surface area contributed by atoms with Gasteiger partial charge in [-0.2, -0.15) is 0 Å². The summed E-state index contributed by atoms with van der Waals surface area (Å²) in [4.78, 5) is 19.4. The quantitative estimate of drug-likeness (QED) is 0.268. The van der Waals surface area contributed by atoms with Crippen LogP contribution in [0.2, 0.25) is 0 Å². The number of ether oxygens (including phenoxy) is 1. The summed E-state index contributed by atoms with van der Waals surface area (Å²) in [5.41, 5.74) is 8.69. The predicted octanol–water partition coefficient (Wildman–Crippen LogP) is 4.50. The number of carbonyl (C=O) groups excluding carboxylic acids is 1. The number of nitrogen functional groups attached to an aromatic ring is 1. The number of aromatic nitrogens is 1. The van der Waals surface area contributed by atoms with Gasteiger partial charge in [-0.15, -0.1) is 0 Å². The van der Waals surface area contributed by atoms with E-state index in [0.29, 0.717) is 17.7 Å². The van der Waals surface area contributed by atoms with Gasteiger partial charge >= 0.3 is 0 Å². The summed E-state index contributed by atoms with van der Waals surface area (Å²) in [6.45, 7) is 2.32. The van der Waals surface area contributed by atoms with Crippen molar-refractivity contribution < 1.29 is 9.53 Å². The normalized spacial score (nSPS) is 13.9. The number of amidine groups is 1. The van der Waals surface area contributed by atoms with E-state index in [1.54, 1.807) is 29.4 Å². The third-order valence-corrected chi connectivity index (χ3v) is 6.47. The highest BCUT2D eigenvalue weighted by Gasteiger charge is 2.20. The Hall–Kier alpha value is -4.23. The third kappa shape index (κ3) is 5.37. The molecule has 0 radical (unpaired) electrons. The molecule has 2 heterocycles. The first-order valence-electron chi connectivity index (χ1n) is 12.1. The van der Waals surface area contributed by atoms with E-state index in [2.05, 4.69) is 10.3 Å². The van der Waals surface area contributed by atoms with Crippen LogP contribution in [0.15, 0.2) is 85.2 Å². The van der Waals surface area contributed by atoms with Crippen LogP contribution in [0.4, 0.5) is 5.69 Å². The van der Waals surface area contributed by atoms with Crippen LogP contribution in [-0.2, 0) is 6.54 Å². The van der Waals surface area contributed by atoms with Crippen molar-refractivity contribution in [3.63, 3.8) is 0 Å². The lowest BCUT2D eigenvalue weighted by atomic mass is 10.0. The number of carbonyl (C=O) groups is 1. The Morgan fingerprint density at radius 1 is 0.944 bits per heavy atom. The Balaban J connectivity index is 1.44. The Kier molecular flexibility index (Phi) is 6.91. The molecule has 0 saturated carbocycles. The van der Waals surface area contributed by atoms with Crippen LogP contribution < -0.4 is 20.7 Å². The summed E-state index contributed by atoms with van der Waals surface area (Å²) in [6, 6.07) is 23.0. The first kappa shape index (κ1) is 23.5. The van der Waals surface area contributed by atoms with Crippen molar-refractivity contribution >= 4 is 28.2 Å². The van der Waals surface area contributed by atoms with Crippen molar-refractivity contribution in [3.05, 3.63) is 102 Å². The molecule has 1 aliphatic heterocycles.